The summed E-state index contributed by atoms with van der Waals surface area (Å²) >= 11 is 0. The highest BCUT2D eigenvalue weighted by Gasteiger charge is 2.16. The molecule has 0 aliphatic heterocycles. The van der Waals surface area contributed by atoms with Gasteiger partial charge < -0.3 is 9.15 Å². The van der Waals surface area contributed by atoms with Crippen molar-refractivity contribution in [2.75, 3.05) is 6.61 Å². The zero-order chi connectivity index (χ0) is 16.8. The molecular weight excluding hydrogens is 300 g/mol. The number of esters is 1. The summed E-state index contributed by atoms with van der Waals surface area (Å²) in [6, 6.07) is 10.9. The third-order valence-electron chi connectivity index (χ3n) is 2.90. The second-order valence-electron chi connectivity index (χ2n) is 4.40. The second-order valence-corrected chi connectivity index (χ2v) is 4.40. The highest BCUT2D eigenvalue weighted by atomic mass is 16.6. The van der Waals surface area contributed by atoms with Crippen LogP contribution >= 0.6 is 0 Å². The number of benzene rings is 1. The van der Waals surface area contributed by atoms with E-state index in [1.807, 2.05) is 6.07 Å². The van der Waals surface area contributed by atoms with Crippen LogP contribution in [0.25, 0.3) is 11.6 Å². The fourth-order valence-corrected chi connectivity index (χ4v) is 1.85. The molecule has 2 rings (SSSR count). The van der Waals surface area contributed by atoms with E-state index in [0.717, 1.165) is 0 Å². The molecule has 0 unspecified atom stereocenters. The van der Waals surface area contributed by atoms with E-state index in [1.165, 1.54) is 18.2 Å². The lowest BCUT2D eigenvalue weighted by molar-refractivity contribution is -0.402. The van der Waals surface area contributed by atoms with Crippen LogP contribution in [0.1, 0.15) is 23.8 Å². The summed E-state index contributed by atoms with van der Waals surface area (Å²) in [6.07, 6.45) is 1.37. The van der Waals surface area contributed by atoms with Gasteiger partial charge in [-0.3, -0.25) is 10.1 Å². The van der Waals surface area contributed by atoms with Crippen molar-refractivity contribution >= 4 is 23.5 Å². The summed E-state index contributed by atoms with van der Waals surface area (Å²) in [4.78, 5) is 22.1. The van der Waals surface area contributed by atoms with E-state index in [0.29, 0.717) is 11.1 Å². The molecule has 116 valence electrons. The predicted octanol–water partition coefficient (Wildman–Crippen LogP) is 3.16. The molecule has 1 heterocycles. The van der Waals surface area contributed by atoms with E-state index >= 15 is 0 Å². The van der Waals surface area contributed by atoms with E-state index in [9.17, 15) is 14.9 Å². The molecule has 0 radical (unpaired) electrons. The van der Waals surface area contributed by atoms with E-state index in [2.05, 4.69) is 0 Å². The highest BCUT2D eigenvalue weighted by molar-refractivity contribution is 6.21. The maximum Gasteiger partial charge on any atom is 0.433 e. The Labute approximate surface area is 131 Å². The second kappa shape index (κ2) is 7.04. The molecule has 0 fully saturated rings. The van der Waals surface area contributed by atoms with Crippen molar-refractivity contribution in [3.05, 3.63) is 63.4 Å². The van der Waals surface area contributed by atoms with Gasteiger partial charge >= 0.3 is 11.9 Å². The van der Waals surface area contributed by atoms with E-state index in [1.54, 1.807) is 31.2 Å². The Morgan fingerprint density at radius 1 is 1.35 bits per heavy atom. The number of carbonyl (C=O) groups is 1. The van der Waals surface area contributed by atoms with Crippen LogP contribution in [0.3, 0.4) is 0 Å². The monoisotopic (exact) mass is 312 g/mol. The number of ether oxygens (including phenoxy) is 1. The van der Waals surface area contributed by atoms with Crippen molar-refractivity contribution in [3.8, 4) is 6.07 Å². The molecule has 0 amide bonds. The maximum atomic E-state index is 12.1. The van der Waals surface area contributed by atoms with Crippen molar-refractivity contribution < 1.29 is 18.9 Å². The van der Waals surface area contributed by atoms with E-state index < -0.39 is 16.8 Å². The first-order valence-electron chi connectivity index (χ1n) is 6.68. The number of hydrogen-bond acceptors (Lipinski definition) is 6. The van der Waals surface area contributed by atoms with Crippen LogP contribution in [-0.2, 0) is 9.53 Å². The van der Waals surface area contributed by atoms with Crippen LogP contribution in [0, 0.1) is 21.4 Å². The van der Waals surface area contributed by atoms with Gasteiger partial charge in [0.05, 0.1) is 29.9 Å². The van der Waals surface area contributed by atoms with Gasteiger partial charge in [0, 0.05) is 0 Å². The molecule has 2 aromatic rings. The molecule has 0 N–H and O–H groups in total. The Kier molecular flexibility index (Phi) is 4.89. The number of nitriles is 1. The van der Waals surface area contributed by atoms with Gasteiger partial charge in [0.1, 0.15) is 10.7 Å². The van der Waals surface area contributed by atoms with Crippen molar-refractivity contribution in [1.29, 1.82) is 5.26 Å². The number of furan rings is 1. The van der Waals surface area contributed by atoms with Crippen LogP contribution in [0.15, 0.2) is 40.8 Å². The smallest absolute Gasteiger partial charge is 0.433 e. The molecule has 0 saturated carbocycles. The van der Waals surface area contributed by atoms with Gasteiger partial charge in [-0.05, 0) is 36.8 Å². The number of hydrogen-bond donors (Lipinski definition) is 0. The molecule has 0 saturated heterocycles. The van der Waals surface area contributed by atoms with Crippen molar-refractivity contribution in [1.82, 2.24) is 0 Å². The standard InChI is InChI=1S/C16H12N2O5/c1-2-22-16(19)14(12-5-3-11(10-17)4-6-12)9-13-7-8-15(23-13)18(20)21/h3-9H,2H2,1H3/b14-9+. The van der Waals surface area contributed by atoms with Crippen LogP contribution in [0.4, 0.5) is 5.88 Å². The van der Waals surface area contributed by atoms with Crippen LogP contribution in [0.5, 0.6) is 0 Å². The van der Waals surface area contributed by atoms with Gasteiger partial charge in [-0.2, -0.15) is 5.26 Å². The molecule has 1 aromatic heterocycles. The molecule has 0 aliphatic carbocycles. The van der Waals surface area contributed by atoms with Crippen molar-refractivity contribution in [3.63, 3.8) is 0 Å². The average molecular weight is 312 g/mol. The lowest BCUT2D eigenvalue weighted by atomic mass is 10.0. The van der Waals surface area contributed by atoms with E-state index in [4.69, 9.17) is 14.4 Å². The molecule has 23 heavy (non-hydrogen) atoms. The van der Waals surface area contributed by atoms with Gasteiger partial charge in [-0.25, -0.2) is 4.79 Å². The third kappa shape index (κ3) is 3.83. The summed E-state index contributed by atoms with van der Waals surface area (Å²) in [5.74, 6) is -0.848. The molecule has 0 atom stereocenters. The van der Waals surface area contributed by atoms with Gasteiger partial charge in [-0.1, -0.05) is 12.1 Å². The van der Waals surface area contributed by atoms with Gasteiger partial charge in [0.2, 0.25) is 0 Å². The van der Waals surface area contributed by atoms with Crippen LogP contribution in [0.2, 0.25) is 0 Å². The zero-order valence-corrected chi connectivity index (χ0v) is 12.2. The Morgan fingerprint density at radius 3 is 2.57 bits per heavy atom. The number of nitro groups is 1. The number of nitrogens with zero attached hydrogens (tertiary/aromatic N) is 2. The largest absolute Gasteiger partial charge is 0.462 e. The lowest BCUT2D eigenvalue weighted by Crippen LogP contribution is -2.06. The van der Waals surface area contributed by atoms with Crippen molar-refractivity contribution in [2.24, 2.45) is 0 Å². The normalized spacial score (nSPS) is 10.9. The number of carbonyl (C=O) groups excluding carboxylic acids is 1. The Hall–Kier alpha value is -3.40. The highest BCUT2D eigenvalue weighted by Crippen LogP contribution is 2.24. The predicted molar refractivity (Wildman–Crippen MR) is 81.0 cm³/mol. The lowest BCUT2D eigenvalue weighted by Gasteiger charge is -2.07. The molecule has 7 nitrogen and oxygen atoms in total. The summed E-state index contributed by atoms with van der Waals surface area (Å²) in [7, 11) is 0. The molecule has 7 heteroatoms. The number of rotatable bonds is 5. The maximum absolute atomic E-state index is 12.1. The van der Waals surface area contributed by atoms with E-state index in [-0.39, 0.29) is 17.9 Å². The third-order valence-corrected chi connectivity index (χ3v) is 2.90. The van der Waals surface area contributed by atoms with Gasteiger partial charge in [-0.15, -0.1) is 0 Å². The first kappa shape index (κ1) is 16.0. The summed E-state index contributed by atoms with van der Waals surface area (Å²) in [5, 5.41) is 19.5. The first-order chi connectivity index (χ1) is 11.0. The summed E-state index contributed by atoms with van der Waals surface area (Å²) in [6.45, 7) is 1.86. The fraction of sp³-hybridized carbons (Fsp3) is 0.125. The minimum atomic E-state index is -0.664. The quantitative estimate of drug-likeness (QED) is 0.363. The topological polar surface area (TPSA) is 106 Å². The zero-order valence-electron chi connectivity index (χ0n) is 12.2. The molecule has 0 aliphatic rings. The molecule has 1 aromatic carbocycles. The first-order valence-corrected chi connectivity index (χ1v) is 6.68. The SMILES string of the molecule is CCOC(=O)/C(=C/c1ccc([N+](=O)[O-])o1)c1ccc(C#N)cc1. The summed E-state index contributed by atoms with van der Waals surface area (Å²) < 4.78 is 10.0. The Morgan fingerprint density at radius 2 is 2.04 bits per heavy atom. The summed E-state index contributed by atoms with van der Waals surface area (Å²) in [5.41, 5.74) is 1.15. The minimum absolute atomic E-state index is 0.157. The molecular formula is C16H12N2O5. The van der Waals surface area contributed by atoms with Crippen molar-refractivity contribution in [2.45, 2.75) is 6.92 Å². The Balaban J connectivity index is 2.43. The van der Waals surface area contributed by atoms with Gasteiger partial charge in [0.15, 0.2) is 0 Å². The molecule has 0 bridgehead atoms. The van der Waals surface area contributed by atoms with Crippen LogP contribution < -0.4 is 0 Å². The minimum Gasteiger partial charge on any atom is -0.462 e. The Bertz CT molecular complexity index is 797. The van der Waals surface area contributed by atoms with Crippen LogP contribution in [-0.4, -0.2) is 17.5 Å². The fourth-order valence-electron chi connectivity index (χ4n) is 1.85. The van der Waals surface area contributed by atoms with Gasteiger partial charge in [0.25, 0.3) is 0 Å². The average Bonchev–Trinajstić information content (AvgIpc) is 3.02. The molecule has 0 spiro atoms.